The topological polar surface area (TPSA) is 178 Å². The maximum absolute atomic E-state index is 8.88. The molecule has 0 aliphatic carbocycles. The summed E-state index contributed by atoms with van der Waals surface area (Å²) in [7, 11) is -4.64. The van der Waals surface area contributed by atoms with Gasteiger partial charge in [-0.05, 0) is 6.42 Å². The molecule has 0 radical (unpaired) electrons. The molecule has 0 aromatic heterocycles. The number of phosphoric acid groups is 1. The summed E-state index contributed by atoms with van der Waals surface area (Å²) in [6.45, 7) is 2.76. The minimum Gasteiger partial charge on any atom is -0.370 e. The third kappa shape index (κ3) is 39.5. The molecule has 11 heteroatoms. The van der Waals surface area contributed by atoms with Crippen molar-refractivity contribution in [2.45, 2.75) is 19.8 Å². The van der Waals surface area contributed by atoms with E-state index < -0.39 is 7.82 Å². The van der Waals surface area contributed by atoms with Crippen molar-refractivity contribution in [2.24, 2.45) is 16.5 Å². The first-order chi connectivity index (χ1) is 7.16. The number of nitrogens with two attached hydrogens (primary N) is 2. The van der Waals surface area contributed by atoms with E-state index in [1.807, 2.05) is 0 Å². The number of hydrogen-bond acceptors (Lipinski definition) is 3. The molecule has 0 fully saturated rings. The number of nitrogens with one attached hydrogen (secondary N) is 2. The summed E-state index contributed by atoms with van der Waals surface area (Å²) >= 11 is 0. The van der Waals surface area contributed by atoms with E-state index in [0.29, 0.717) is 6.54 Å². The highest BCUT2D eigenvalue weighted by Crippen LogP contribution is 2.25. The smallest absolute Gasteiger partial charge is 0.370 e. The average Bonchev–Trinajstić information content (AvgIpc) is 1.99. The fourth-order valence-corrected chi connectivity index (χ4v) is 0.535. The molecule has 104 valence electrons. The van der Waals surface area contributed by atoms with E-state index in [1.165, 1.54) is 0 Å². The summed E-state index contributed by atoms with van der Waals surface area (Å²) in [5.41, 5.74) is 10.3. The average molecular weight is 292 g/mol. The van der Waals surface area contributed by atoms with Crippen molar-refractivity contribution in [3.63, 3.8) is 0 Å². The van der Waals surface area contributed by atoms with Crippen molar-refractivity contribution in [1.29, 1.82) is 5.41 Å². The third-order valence-electron chi connectivity index (χ3n) is 1.06. The number of hydrogen-bond donors (Lipinski definition) is 7. The summed E-state index contributed by atoms with van der Waals surface area (Å²) in [6.07, 6.45) is 2.08. The van der Waals surface area contributed by atoms with Crippen molar-refractivity contribution in [3.8, 4) is 0 Å². The maximum atomic E-state index is 8.88. The van der Waals surface area contributed by atoms with Crippen LogP contribution in [0.5, 0.6) is 0 Å². The highest BCUT2D eigenvalue weighted by molar-refractivity contribution is 7.45. The van der Waals surface area contributed by atoms with Crippen LogP contribution in [0.25, 0.3) is 0 Å². The van der Waals surface area contributed by atoms with Gasteiger partial charge in [0, 0.05) is 6.54 Å². The van der Waals surface area contributed by atoms with E-state index in [1.54, 1.807) is 0 Å². The van der Waals surface area contributed by atoms with Crippen molar-refractivity contribution >= 4 is 32.1 Å². The molecule has 0 aromatic rings. The van der Waals surface area contributed by atoms with Gasteiger partial charge in [0.25, 0.3) is 0 Å². The highest BCUT2D eigenvalue weighted by Gasteiger charge is 2.00. The van der Waals surface area contributed by atoms with Crippen LogP contribution in [0, 0.1) is 5.41 Å². The minimum absolute atomic E-state index is 0. The number of halogens is 1. The summed E-state index contributed by atoms with van der Waals surface area (Å²) < 4.78 is 8.88. The Morgan fingerprint density at radius 2 is 1.82 bits per heavy atom. The fourth-order valence-electron chi connectivity index (χ4n) is 0.535. The normalized spacial score (nSPS) is 10.7. The van der Waals surface area contributed by atoms with Gasteiger partial charge in [-0.3, -0.25) is 15.7 Å². The molecule has 17 heavy (non-hydrogen) atoms. The molecule has 0 aliphatic heterocycles. The Morgan fingerprint density at radius 3 is 2.12 bits per heavy atom. The molecule has 0 aliphatic rings. The second kappa shape index (κ2) is 11.6. The Kier molecular flexibility index (Phi) is 14.6. The number of guanidine groups is 2. The first-order valence-corrected chi connectivity index (χ1v) is 5.92. The van der Waals surface area contributed by atoms with Gasteiger partial charge in [0.1, 0.15) is 0 Å². The van der Waals surface area contributed by atoms with Gasteiger partial charge in [0.05, 0.1) is 0 Å². The summed E-state index contributed by atoms with van der Waals surface area (Å²) in [5.74, 6) is 0.0358. The molecule has 9 N–H and O–H groups in total. The van der Waals surface area contributed by atoms with Crippen LogP contribution in [0.2, 0.25) is 0 Å². The van der Waals surface area contributed by atoms with Crippen LogP contribution in [0.4, 0.5) is 0 Å². The quantitative estimate of drug-likeness (QED) is 0.152. The maximum Gasteiger partial charge on any atom is 0.466 e. The van der Waals surface area contributed by atoms with Crippen molar-refractivity contribution in [3.05, 3.63) is 0 Å². The lowest BCUT2D eigenvalue weighted by Gasteiger charge is -2.00. The lowest BCUT2D eigenvalue weighted by Crippen LogP contribution is -2.40. The Labute approximate surface area is 105 Å². The largest absolute Gasteiger partial charge is 0.466 e. The molecule has 0 aromatic carbocycles. The fraction of sp³-hybridized carbons (Fsp3) is 0.667. The zero-order valence-electron chi connectivity index (χ0n) is 9.33. The molecular weight excluding hydrogens is 273 g/mol. The Balaban J connectivity index is -0.000000280. The van der Waals surface area contributed by atoms with Crippen molar-refractivity contribution < 1.29 is 19.2 Å². The predicted octanol–water partition coefficient (Wildman–Crippen LogP) is -0.923. The van der Waals surface area contributed by atoms with E-state index in [4.69, 9.17) is 36.1 Å². The van der Waals surface area contributed by atoms with Gasteiger partial charge in [0.2, 0.25) is 0 Å². The molecule has 0 heterocycles. The number of rotatable bonds is 3. The number of unbranched alkanes of at least 4 members (excludes halogenated alkanes) is 1. The van der Waals surface area contributed by atoms with Crippen LogP contribution in [-0.4, -0.2) is 33.1 Å². The molecule has 0 atom stereocenters. The van der Waals surface area contributed by atoms with E-state index in [9.17, 15) is 0 Å². The van der Waals surface area contributed by atoms with Gasteiger partial charge in [-0.25, -0.2) is 4.57 Å². The van der Waals surface area contributed by atoms with Gasteiger partial charge in [-0.2, -0.15) is 0 Å². The molecule has 0 saturated heterocycles. The molecule has 0 saturated carbocycles. The molecule has 0 bridgehead atoms. The van der Waals surface area contributed by atoms with Crippen LogP contribution in [0.15, 0.2) is 4.99 Å². The minimum atomic E-state index is -4.64. The van der Waals surface area contributed by atoms with Crippen molar-refractivity contribution in [2.75, 3.05) is 6.54 Å². The lowest BCUT2D eigenvalue weighted by molar-refractivity contribution is 0.275. The summed E-state index contributed by atoms with van der Waals surface area (Å²) in [5, 5.41) is 9.20. The predicted molar refractivity (Wildman–Crippen MR) is 68.0 cm³/mol. The van der Waals surface area contributed by atoms with E-state index in [0.717, 1.165) is 12.8 Å². The second-order valence-corrected chi connectivity index (χ2v) is 3.70. The molecular formula is C6H19ClN5O4P. The van der Waals surface area contributed by atoms with Gasteiger partial charge in [0.15, 0.2) is 11.9 Å². The second-order valence-electron chi connectivity index (χ2n) is 2.67. The Bertz CT molecular complexity index is 273. The van der Waals surface area contributed by atoms with Crippen LogP contribution in [-0.2, 0) is 4.57 Å². The Hall–Kier alpha value is -0.860. The number of aliphatic imine (C=N–C) groups is 1. The molecule has 0 amide bonds. The summed E-state index contributed by atoms with van der Waals surface area (Å²) in [6, 6.07) is 0. The monoisotopic (exact) mass is 291 g/mol. The van der Waals surface area contributed by atoms with Crippen molar-refractivity contribution in [1.82, 2.24) is 5.32 Å². The van der Waals surface area contributed by atoms with E-state index in [-0.39, 0.29) is 24.3 Å². The van der Waals surface area contributed by atoms with Crippen LogP contribution in [0.3, 0.4) is 0 Å². The first-order valence-electron chi connectivity index (χ1n) is 4.36. The Morgan fingerprint density at radius 1 is 1.41 bits per heavy atom. The molecule has 0 rings (SSSR count). The lowest BCUT2D eigenvalue weighted by atomic mass is 10.3. The van der Waals surface area contributed by atoms with Crippen LogP contribution < -0.4 is 16.8 Å². The van der Waals surface area contributed by atoms with Crippen LogP contribution in [0.1, 0.15) is 19.8 Å². The van der Waals surface area contributed by atoms with E-state index in [2.05, 4.69) is 17.2 Å². The molecule has 0 spiro atoms. The zero-order chi connectivity index (χ0) is 13.2. The third-order valence-corrected chi connectivity index (χ3v) is 1.06. The van der Waals surface area contributed by atoms with Gasteiger partial charge in [-0.15, -0.1) is 12.4 Å². The van der Waals surface area contributed by atoms with Gasteiger partial charge < -0.3 is 26.1 Å². The van der Waals surface area contributed by atoms with Gasteiger partial charge in [-0.1, -0.05) is 13.3 Å². The van der Waals surface area contributed by atoms with Gasteiger partial charge >= 0.3 is 7.82 Å². The summed E-state index contributed by atoms with van der Waals surface area (Å²) in [4.78, 5) is 25.5. The first kappa shape index (κ1) is 21.4. The molecule has 0 unspecified atom stereocenters. The highest BCUT2D eigenvalue weighted by atomic mass is 35.5. The van der Waals surface area contributed by atoms with E-state index >= 15 is 0 Å². The molecule has 9 nitrogen and oxygen atoms in total. The zero-order valence-corrected chi connectivity index (χ0v) is 11.0. The SMILES string of the molecule is CCCCN=C(N)NC(=N)N.Cl.O=P(O)(O)O. The van der Waals surface area contributed by atoms with Crippen LogP contribution >= 0.6 is 20.2 Å². The standard InChI is InChI=1S/C6H15N5.ClH.H3O4P/c1-2-3-4-10-6(9)11-5(7)8;;1-5(2,3)4/h2-4H2,1H3,(H6,7,8,9,10,11);1H;(H3,1,2,3,4). The number of nitrogens with zero attached hydrogens (tertiary/aromatic N) is 1.